The van der Waals surface area contributed by atoms with E-state index in [1.165, 1.54) is 12.3 Å². The summed E-state index contributed by atoms with van der Waals surface area (Å²) < 4.78 is 10.2. The molecule has 0 unspecified atom stereocenters. The number of pyridine rings is 1. The van der Waals surface area contributed by atoms with Gasteiger partial charge in [-0.3, -0.25) is 9.59 Å². The summed E-state index contributed by atoms with van der Waals surface area (Å²) in [6.07, 6.45) is 1.10. The molecule has 1 aliphatic heterocycles. The van der Waals surface area contributed by atoms with Gasteiger partial charge in [0, 0.05) is 22.2 Å². The Morgan fingerprint density at radius 1 is 1.36 bits per heavy atom. The molecule has 0 bridgehead atoms. The van der Waals surface area contributed by atoms with Gasteiger partial charge in [-0.25, -0.2) is 4.79 Å². The number of halogens is 2. The molecule has 6 nitrogen and oxygen atoms in total. The van der Waals surface area contributed by atoms with Crippen molar-refractivity contribution in [2.45, 2.75) is 19.3 Å². The average Bonchev–Trinajstić information content (AvgIpc) is 2.54. The molecule has 0 amide bonds. The van der Waals surface area contributed by atoms with Crippen LogP contribution in [0.15, 0.2) is 29.2 Å². The van der Waals surface area contributed by atoms with Crippen LogP contribution in [0.1, 0.15) is 40.7 Å². The fourth-order valence-corrected chi connectivity index (χ4v) is 3.33. The number of fused-ring (bicyclic) bond motifs is 1. The largest absolute Gasteiger partial charge is 0.462 e. The number of ether oxygens (including phenoxy) is 2. The van der Waals surface area contributed by atoms with E-state index in [4.69, 9.17) is 32.7 Å². The SMILES string of the molecule is CCOC(=O)c1c[nH]c(=O)c2c1OC(=O)C[C@@H]2c1ccc(Cl)cc1Cl. The number of aromatic nitrogens is 1. The Morgan fingerprint density at radius 3 is 2.80 bits per heavy atom. The third kappa shape index (κ3) is 3.27. The van der Waals surface area contributed by atoms with E-state index in [-0.39, 0.29) is 29.9 Å². The summed E-state index contributed by atoms with van der Waals surface area (Å²) in [7, 11) is 0. The zero-order valence-electron chi connectivity index (χ0n) is 13.1. The number of esters is 2. The number of rotatable bonds is 3. The van der Waals surface area contributed by atoms with Gasteiger partial charge < -0.3 is 14.5 Å². The zero-order chi connectivity index (χ0) is 18.1. The molecule has 0 radical (unpaired) electrons. The summed E-state index contributed by atoms with van der Waals surface area (Å²) in [5, 5.41) is 0.751. The summed E-state index contributed by atoms with van der Waals surface area (Å²) in [5.74, 6) is -2.00. The molecule has 1 aromatic heterocycles. The first-order valence-electron chi connectivity index (χ1n) is 7.50. The topological polar surface area (TPSA) is 85.5 Å². The number of H-pyrrole nitrogens is 1. The summed E-state index contributed by atoms with van der Waals surface area (Å²) in [6.45, 7) is 1.80. The van der Waals surface area contributed by atoms with E-state index in [9.17, 15) is 14.4 Å². The van der Waals surface area contributed by atoms with Crippen LogP contribution in [0.4, 0.5) is 0 Å². The molecule has 0 aliphatic carbocycles. The lowest BCUT2D eigenvalue weighted by atomic mass is 9.86. The smallest absolute Gasteiger partial charge is 0.343 e. The summed E-state index contributed by atoms with van der Waals surface area (Å²) in [6, 6.07) is 4.79. The molecule has 3 rings (SSSR count). The van der Waals surface area contributed by atoms with Gasteiger partial charge in [0.15, 0.2) is 5.75 Å². The van der Waals surface area contributed by atoms with Crippen molar-refractivity contribution in [3.8, 4) is 5.75 Å². The molecular formula is C17H13Cl2NO5. The van der Waals surface area contributed by atoms with Gasteiger partial charge in [0.25, 0.3) is 5.56 Å². The monoisotopic (exact) mass is 381 g/mol. The summed E-state index contributed by atoms with van der Waals surface area (Å²) in [5.41, 5.74) is 0.232. The minimum atomic E-state index is -0.689. The van der Waals surface area contributed by atoms with E-state index in [1.54, 1.807) is 19.1 Å². The molecule has 0 saturated carbocycles. The highest BCUT2D eigenvalue weighted by atomic mass is 35.5. The van der Waals surface area contributed by atoms with Crippen LogP contribution in [0, 0.1) is 0 Å². The molecular weight excluding hydrogens is 369 g/mol. The van der Waals surface area contributed by atoms with Gasteiger partial charge >= 0.3 is 11.9 Å². The van der Waals surface area contributed by atoms with E-state index >= 15 is 0 Å². The maximum atomic E-state index is 12.4. The summed E-state index contributed by atoms with van der Waals surface area (Å²) >= 11 is 12.2. The maximum absolute atomic E-state index is 12.4. The van der Waals surface area contributed by atoms with Crippen molar-refractivity contribution in [3.63, 3.8) is 0 Å². The van der Waals surface area contributed by atoms with Crippen molar-refractivity contribution < 1.29 is 19.1 Å². The summed E-state index contributed by atoms with van der Waals surface area (Å²) in [4.78, 5) is 39.1. The van der Waals surface area contributed by atoms with Crippen LogP contribution < -0.4 is 10.3 Å². The van der Waals surface area contributed by atoms with Crippen LogP contribution in [-0.4, -0.2) is 23.5 Å². The Bertz CT molecular complexity index is 922. The number of hydrogen-bond donors (Lipinski definition) is 1. The first-order chi connectivity index (χ1) is 11.9. The number of carbonyl (C=O) groups is 2. The van der Waals surface area contributed by atoms with Gasteiger partial charge in [-0.2, -0.15) is 0 Å². The third-order valence-corrected chi connectivity index (χ3v) is 4.41. The second-order valence-electron chi connectivity index (χ2n) is 5.39. The van der Waals surface area contributed by atoms with Gasteiger partial charge in [-0.15, -0.1) is 0 Å². The highest BCUT2D eigenvalue weighted by molar-refractivity contribution is 6.35. The molecule has 0 spiro atoms. The molecule has 130 valence electrons. The van der Waals surface area contributed by atoms with E-state index in [0.29, 0.717) is 15.6 Å². The minimum Gasteiger partial charge on any atom is -0.462 e. The molecule has 25 heavy (non-hydrogen) atoms. The predicted molar refractivity (Wildman–Crippen MR) is 91.6 cm³/mol. The Balaban J connectivity index is 2.21. The van der Waals surface area contributed by atoms with Gasteiger partial charge in [0.2, 0.25) is 0 Å². The van der Waals surface area contributed by atoms with Crippen LogP contribution >= 0.6 is 23.2 Å². The van der Waals surface area contributed by atoms with Gasteiger partial charge in [-0.1, -0.05) is 29.3 Å². The number of aromatic amines is 1. The van der Waals surface area contributed by atoms with Crippen LogP contribution in [0.25, 0.3) is 0 Å². The zero-order valence-corrected chi connectivity index (χ0v) is 14.6. The number of hydrogen-bond acceptors (Lipinski definition) is 5. The molecule has 1 atom stereocenters. The van der Waals surface area contributed by atoms with Crippen LogP contribution in [0.2, 0.25) is 10.0 Å². The van der Waals surface area contributed by atoms with Crippen molar-refractivity contribution in [2.75, 3.05) is 6.61 Å². The number of carbonyl (C=O) groups excluding carboxylic acids is 2. The quantitative estimate of drug-likeness (QED) is 0.824. The highest BCUT2D eigenvalue weighted by Crippen LogP contribution is 2.41. The number of benzene rings is 1. The average molecular weight is 382 g/mol. The molecule has 0 fully saturated rings. The van der Waals surface area contributed by atoms with Crippen LogP contribution in [0.5, 0.6) is 5.75 Å². The molecule has 1 aliphatic rings. The van der Waals surface area contributed by atoms with Crippen molar-refractivity contribution >= 4 is 35.1 Å². The van der Waals surface area contributed by atoms with Crippen molar-refractivity contribution in [3.05, 3.63) is 61.5 Å². The highest BCUT2D eigenvalue weighted by Gasteiger charge is 2.35. The standard InChI is InChI=1S/C17H13Cl2NO5/c1-2-24-17(23)11-7-20-16(22)14-10(6-13(21)25-15(11)14)9-4-3-8(18)5-12(9)19/h3-5,7,10H,2,6H2,1H3,(H,20,22)/t10-/m1/s1. The molecule has 8 heteroatoms. The van der Waals surface area contributed by atoms with Gasteiger partial charge in [-0.05, 0) is 24.6 Å². The fraction of sp³-hybridized carbons (Fsp3) is 0.235. The van der Waals surface area contributed by atoms with Gasteiger partial charge in [0.05, 0.1) is 18.6 Å². The Labute approximate surface area is 152 Å². The van der Waals surface area contributed by atoms with E-state index in [2.05, 4.69) is 4.98 Å². The fourth-order valence-electron chi connectivity index (χ4n) is 2.79. The second kappa shape index (κ2) is 6.90. The third-order valence-electron chi connectivity index (χ3n) is 3.85. The van der Waals surface area contributed by atoms with Crippen molar-refractivity contribution in [1.29, 1.82) is 0 Å². The van der Waals surface area contributed by atoms with E-state index in [1.807, 2.05) is 0 Å². The van der Waals surface area contributed by atoms with E-state index < -0.39 is 23.4 Å². The van der Waals surface area contributed by atoms with E-state index in [0.717, 1.165) is 0 Å². The van der Waals surface area contributed by atoms with Gasteiger partial charge in [0.1, 0.15) is 5.56 Å². The molecule has 0 saturated heterocycles. The lowest BCUT2D eigenvalue weighted by Crippen LogP contribution is -2.30. The van der Waals surface area contributed by atoms with Crippen LogP contribution in [0.3, 0.4) is 0 Å². The number of nitrogens with one attached hydrogen (secondary N) is 1. The molecule has 1 N–H and O–H groups in total. The first kappa shape index (κ1) is 17.5. The maximum Gasteiger partial charge on any atom is 0.343 e. The second-order valence-corrected chi connectivity index (χ2v) is 6.23. The predicted octanol–water partition coefficient (Wildman–Crippen LogP) is 3.30. The minimum absolute atomic E-state index is 0.0143. The molecule has 1 aromatic carbocycles. The van der Waals surface area contributed by atoms with Crippen molar-refractivity contribution in [1.82, 2.24) is 4.98 Å². The first-order valence-corrected chi connectivity index (χ1v) is 8.26. The van der Waals surface area contributed by atoms with Crippen LogP contribution in [-0.2, 0) is 9.53 Å². The lowest BCUT2D eigenvalue weighted by Gasteiger charge is -2.25. The lowest BCUT2D eigenvalue weighted by molar-refractivity contribution is -0.135. The molecule has 2 heterocycles. The Hall–Kier alpha value is -2.31. The Morgan fingerprint density at radius 2 is 2.12 bits per heavy atom. The normalized spacial score (nSPS) is 16.1. The van der Waals surface area contributed by atoms with Crippen molar-refractivity contribution in [2.24, 2.45) is 0 Å². The Kier molecular flexibility index (Phi) is 4.83. The molecule has 2 aromatic rings.